The van der Waals surface area contributed by atoms with Crippen LogP contribution in [0.5, 0.6) is 0 Å². The van der Waals surface area contributed by atoms with Crippen molar-refractivity contribution in [3.05, 3.63) is 29.3 Å². The number of aryl methyl sites for hydroxylation is 1. The minimum Gasteiger partial charge on any atom is -0.369 e. The molecule has 1 heterocycles. The highest BCUT2D eigenvalue weighted by Gasteiger charge is 2.54. The minimum absolute atomic E-state index is 0. The molecule has 4 bridgehead atoms. The summed E-state index contributed by atoms with van der Waals surface area (Å²) >= 11 is 0. The quantitative estimate of drug-likeness (QED) is 0.642. The summed E-state index contributed by atoms with van der Waals surface area (Å²) in [4.78, 5) is 18.4. The number of halogens is 2. The van der Waals surface area contributed by atoms with E-state index in [2.05, 4.69) is 54.1 Å². The van der Waals surface area contributed by atoms with Crippen LogP contribution >= 0.6 is 24.8 Å². The molecular formula is C26H41Cl2N3O. The molecule has 1 N–H and O–H groups in total. The zero-order valence-electron chi connectivity index (χ0n) is 19.9. The summed E-state index contributed by atoms with van der Waals surface area (Å²) in [5, 5.41) is 3.45. The number of hydrogen-bond acceptors (Lipinski definition) is 3. The second-order valence-electron chi connectivity index (χ2n) is 11.1. The first kappa shape index (κ1) is 25.6. The van der Waals surface area contributed by atoms with E-state index in [-0.39, 0.29) is 36.3 Å². The number of amides is 1. The maximum atomic E-state index is 13.3. The average molecular weight is 483 g/mol. The summed E-state index contributed by atoms with van der Waals surface area (Å²) in [6.45, 7) is 11.9. The van der Waals surface area contributed by atoms with Gasteiger partial charge in [-0.05, 0) is 94.2 Å². The van der Waals surface area contributed by atoms with Crippen LogP contribution in [0, 0.1) is 37.0 Å². The van der Waals surface area contributed by atoms with E-state index in [1.807, 2.05) is 0 Å². The Balaban J connectivity index is 0.00000144. The molecule has 4 aliphatic carbocycles. The fourth-order valence-electron chi connectivity index (χ4n) is 7.45. The highest BCUT2D eigenvalue weighted by molar-refractivity contribution is 5.85. The van der Waals surface area contributed by atoms with Gasteiger partial charge in [-0.3, -0.25) is 9.69 Å². The summed E-state index contributed by atoms with van der Waals surface area (Å²) in [6, 6.07) is 6.86. The van der Waals surface area contributed by atoms with Crippen molar-refractivity contribution in [3.8, 4) is 0 Å². The molecule has 5 aliphatic rings. The predicted octanol–water partition coefficient (Wildman–Crippen LogP) is 4.99. The molecule has 0 aromatic heterocycles. The molecule has 180 valence electrons. The number of carbonyl (C=O) groups excluding carboxylic acids is 1. The molecule has 0 radical (unpaired) electrons. The summed E-state index contributed by atoms with van der Waals surface area (Å²) < 4.78 is 0. The van der Waals surface area contributed by atoms with Gasteiger partial charge in [-0.2, -0.15) is 0 Å². The lowest BCUT2D eigenvalue weighted by Gasteiger charge is -2.55. The molecule has 32 heavy (non-hydrogen) atoms. The standard InChI is InChI=1S/C26H39N3O.2ClH/c1-18-5-4-6-24(20(18)3)29-9-7-28(8-10-29)17-19(2)27-25(30)26-14-21-11-22(15-26)13-23(12-21)16-26;;/h4-6,19,21-23H,7-17H2,1-3H3,(H,27,30);2*1H/t19-,21?,22?,23?,26?;;/m0../s1. The van der Waals surface area contributed by atoms with E-state index < -0.39 is 0 Å². The Morgan fingerprint density at radius 2 is 1.56 bits per heavy atom. The highest BCUT2D eigenvalue weighted by atomic mass is 35.5. The van der Waals surface area contributed by atoms with Gasteiger partial charge in [0.15, 0.2) is 0 Å². The van der Waals surface area contributed by atoms with Crippen molar-refractivity contribution >= 4 is 36.4 Å². The Morgan fingerprint density at radius 1 is 1.00 bits per heavy atom. The van der Waals surface area contributed by atoms with Gasteiger partial charge >= 0.3 is 0 Å². The number of nitrogens with one attached hydrogen (secondary N) is 1. The largest absolute Gasteiger partial charge is 0.369 e. The van der Waals surface area contributed by atoms with Crippen LogP contribution in [-0.2, 0) is 4.79 Å². The van der Waals surface area contributed by atoms with Crippen LogP contribution in [0.3, 0.4) is 0 Å². The second-order valence-corrected chi connectivity index (χ2v) is 11.1. The van der Waals surface area contributed by atoms with Crippen LogP contribution in [0.1, 0.15) is 56.6 Å². The molecule has 6 heteroatoms. The maximum absolute atomic E-state index is 13.3. The van der Waals surface area contributed by atoms with Crippen LogP contribution in [0.25, 0.3) is 0 Å². The Kier molecular flexibility index (Phi) is 8.10. The summed E-state index contributed by atoms with van der Waals surface area (Å²) in [5.41, 5.74) is 4.14. The molecule has 0 unspecified atom stereocenters. The summed E-state index contributed by atoms with van der Waals surface area (Å²) in [5.74, 6) is 2.87. The second kappa shape index (κ2) is 10.1. The van der Waals surface area contributed by atoms with Crippen molar-refractivity contribution in [3.63, 3.8) is 0 Å². The lowest BCUT2D eigenvalue weighted by molar-refractivity contribution is -0.147. The number of benzene rings is 1. The minimum atomic E-state index is -0.0234. The number of anilines is 1. The van der Waals surface area contributed by atoms with Crippen LogP contribution in [0.2, 0.25) is 0 Å². The van der Waals surface area contributed by atoms with E-state index in [4.69, 9.17) is 0 Å². The number of carbonyl (C=O) groups is 1. The molecule has 1 saturated heterocycles. The van der Waals surface area contributed by atoms with Crippen LogP contribution in [0.4, 0.5) is 5.69 Å². The maximum Gasteiger partial charge on any atom is 0.226 e. The molecule has 1 aliphatic heterocycles. The lowest BCUT2D eigenvalue weighted by Crippen LogP contribution is -2.57. The van der Waals surface area contributed by atoms with Gasteiger partial charge in [0.05, 0.1) is 0 Å². The molecule has 1 amide bonds. The third-order valence-electron chi connectivity index (χ3n) is 8.72. The topological polar surface area (TPSA) is 35.6 Å². The van der Waals surface area contributed by atoms with E-state index in [0.717, 1.165) is 69.7 Å². The third-order valence-corrected chi connectivity index (χ3v) is 8.72. The van der Waals surface area contributed by atoms with Crippen LogP contribution in [-0.4, -0.2) is 49.6 Å². The fraction of sp³-hybridized carbons (Fsp3) is 0.731. The molecule has 6 rings (SSSR count). The van der Waals surface area contributed by atoms with Crippen molar-refractivity contribution in [2.75, 3.05) is 37.6 Å². The van der Waals surface area contributed by atoms with Gasteiger partial charge in [0, 0.05) is 49.9 Å². The molecule has 0 spiro atoms. The Morgan fingerprint density at radius 3 is 2.12 bits per heavy atom. The Labute approximate surface area is 206 Å². The number of hydrogen-bond donors (Lipinski definition) is 1. The first-order chi connectivity index (χ1) is 14.4. The number of piperazine rings is 1. The van der Waals surface area contributed by atoms with Gasteiger partial charge in [-0.15, -0.1) is 24.8 Å². The molecule has 1 atom stereocenters. The van der Waals surface area contributed by atoms with Gasteiger partial charge in [-0.25, -0.2) is 0 Å². The zero-order valence-corrected chi connectivity index (χ0v) is 21.6. The SMILES string of the molecule is Cc1cccc(N2CCN(C[C@H](C)NC(=O)C34CC5CC(CC(C5)C3)C4)CC2)c1C.Cl.Cl. The first-order valence-electron chi connectivity index (χ1n) is 12.3. The van der Waals surface area contributed by atoms with E-state index in [1.54, 1.807) is 0 Å². The Bertz CT molecular complexity index is 771. The monoisotopic (exact) mass is 481 g/mol. The number of rotatable bonds is 5. The van der Waals surface area contributed by atoms with Gasteiger partial charge in [0.2, 0.25) is 5.91 Å². The van der Waals surface area contributed by atoms with Crippen molar-refractivity contribution < 1.29 is 4.79 Å². The smallest absolute Gasteiger partial charge is 0.226 e. The number of nitrogens with zero attached hydrogens (tertiary/aromatic N) is 2. The van der Waals surface area contributed by atoms with Crippen molar-refractivity contribution in [2.45, 2.75) is 65.3 Å². The van der Waals surface area contributed by atoms with Crippen molar-refractivity contribution in [2.24, 2.45) is 23.2 Å². The molecule has 4 saturated carbocycles. The normalized spacial score (nSPS) is 32.1. The lowest BCUT2D eigenvalue weighted by atomic mass is 9.49. The zero-order chi connectivity index (χ0) is 20.9. The Hall–Kier alpha value is -0.970. The molecule has 1 aromatic carbocycles. The first-order valence-corrected chi connectivity index (χ1v) is 12.3. The molecule has 4 nitrogen and oxygen atoms in total. The van der Waals surface area contributed by atoms with Crippen LogP contribution in [0.15, 0.2) is 18.2 Å². The summed E-state index contributed by atoms with van der Waals surface area (Å²) in [7, 11) is 0. The predicted molar refractivity (Wildman–Crippen MR) is 137 cm³/mol. The van der Waals surface area contributed by atoms with Crippen molar-refractivity contribution in [1.82, 2.24) is 10.2 Å². The van der Waals surface area contributed by atoms with E-state index in [0.29, 0.717) is 5.91 Å². The van der Waals surface area contributed by atoms with E-state index in [1.165, 1.54) is 36.1 Å². The van der Waals surface area contributed by atoms with Crippen LogP contribution < -0.4 is 10.2 Å². The fourth-order valence-corrected chi connectivity index (χ4v) is 7.45. The van der Waals surface area contributed by atoms with Gasteiger partial charge in [0.25, 0.3) is 0 Å². The summed E-state index contributed by atoms with van der Waals surface area (Å²) in [6.07, 6.45) is 7.66. The van der Waals surface area contributed by atoms with Crippen molar-refractivity contribution in [1.29, 1.82) is 0 Å². The van der Waals surface area contributed by atoms with Gasteiger partial charge in [-0.1, -0.05) is 12.1 Å². The molecule has 1 aromatic rings. The molecular weight excluding hydrogens is 441 g/mol. The van der Waals surface area contributed by atoms with Gasteiger partial charge < -0.3 is 10.2 Å². The average Bonchev–Trinajstić information content (AvgIpc) is 2.70. The van der Waals surface area contributed by atoms with Gasteiger partial charge in [0.1, 0.15) is 0 Å². The third kappa shape index (κ3) is 4.93. The van der Waals surface area contributed by atoms with E-state index >= 15 is 0 Å². The highest BCUT2D eigenvalue weighted by Crippen LogP contribution is 2.60. The molecule has 5 fully saturated rings. The van der Waals surface area contributed by atoms with E-state index in [9.17, 15) is 4.79 Å².